The fourth-order valence-electron chi connectivity index (χ4n) is 0. The van der Waals surface area contributed by atoms with E-state index < -0.39 is 0 Å². The summed E-state index contributed by atoms with van der Waals surface area (Å²) in [6.45, 7) is 0. The van der Waals surface area contributed by atoms with E-state index >= 15 is 0 Å². The van der Waals surface area contributed by atoms with E-state index in [1.54, 1.807) is 0 Å². The van der Waals surface area contributed by atoms with Crippen LogP contribution in [0.4, 0.5) is 0 Å². The fourth-order valence-corrected chi connectivity index (χ4v) is 0. The van der Waals surface area contributed by atoms with Crippen LogP contribution in [-0.2, 0) is 40.3 Å². The summed E-state index contributed by atoms with van der Waals surface area (Å²) in [6.07, 6.45) is 0. The van der Waals surface area contributed by atoms with Crippen LogP contribution in [0.25, 0.3) is 0 Å². The van der Waals surface area contributed by atoms with Crippen LogP contribution in [0.2, 0.25) is 0 Å². The third-order valence-electron chi connectivity index (χ3n) is 0. The van der Waals surface area contributed by atoms with Crippen molar-refractivity contribution in [1.29, 1.82) is 0 Å². The molecule has 0 saturated carbocycles. The first-order valence-corrected chi connectivity index (χ1v) is 0. The van der Waals surface area contributed by atoms with Crippen molar-refractivity contribution in [3.05, 3.63) is 0 Å². The van der Waals surface area contributed by atoms with E-state index in [-0.39, 0.29) is 75.0 Å². The molecule has 0 fully saturated rings. The molecular formula is H6Al2TiV. The molecule has 0 bridgehead atoms. The van der Waals surface area contributed by atoms with Crippen molar-refractivity contribution in [3.63, 3.8) is 0 Å². The number of rotatable bonds is 0. The maximum atomic E-state index is 0. The summed E-state index contributed by atoms with van der Waals surface area (Å²) in [4.78, 5) is 0. The minimum Gasteiger partial charge on any atom is 0 e. The Bertz CT molecular complexity index is 6.00. The van der Waals surface area contributed by atoms with Crippen LogP contribution in [0.15, 0.2) is 0 Å². The molecule has 0 N–H and O–H groups in total. The summed E-state index contributed by atoms with van der Waals surface area (Å²) in [5, 5.41) is 0. The van der Waals surface area contributed by atoms with Crippen molar-refractivity contribution in [1.82, 2.24) is 0 Å². The van der Waals surface area contributed by atoms with Gasteiger partial charge in [-0.3, -0.25) is 0 Å². The standard InChI is InChI=1S/2Al.Ti.V.6H. The molecule has 0 aliphatic carbocycles. The van der Waals surface area contributed by atoms with Gasteiger partial charge in [0.15, 0.2) is 34.7 Å². The second-order valence-electron chi connectivity index (χ2n) is 0. The van der Waals surface area contributed by atoms with E-state index in [1.807, 2.05) is 0 Å². The molecule has 1 radical (unpaired) electrons. The average Bonchev–Trinajstić information content (AvgIpc) is 0. The van der Waals surface area contributed by atoms with E-state index in [9.17, 15) is 0 Å². The maximum absolute atomic E-state index is 0. The van der Waals surface area contributed by atoms with Crippen molar-refractivity contribution in [3.8, 4) is 0 Å². The first-order chi connectivity index (χ1) is 0. The second kappa shape index (κ2) is 18.3. The molecule has 0 aliphatic heterocycles. The van der Waals surface area contributed by atoms with Crippen LogP contribution in [0, 0.1) is 0 Å². The molecule has 0 saturated heterocycles. The van der Waals surface area contributed by atoms with Gasteiger partial charge in [0.25, 0.3) is 0 Å². The largest absolute Gasteiger partial charge is 0.187 e. The molecule has 0 aliphatic rings. The Kier molecular flexibility index (Phi) is 150. The minimum absolute atomic E-state index is 0. The predicted molar refractivity (Wildman–Crippen MR) is 19.9 cm³/mol. The zero-order valence-electron chi connectivity index (χ0n) is 0.947. The van der Waals surface area contributed by atoms with Gasteiger partial charge in [0.05, 0.1) is 0 Å². The van der Waals surface area contributed by atoms with Gasteiger partial charge >= 0.3 is 0 Å². The topological polar surface area (TPSA) is 0 Å². The molecule has 0 atom stereocenters. The van der Waals surface area contributed by atoms with Crippen LogP contribution in [0.3, 0.4) is 0 Å². The first kappa shape index (κ1) is 32.8. The monoisotopic (exact) mass is 159 g/mol. The molecule has 4 heteroatoms. The van der Waals surface area contributed by atoms with Gasteiger partial charge in [-0.25, -0.2) is 0 Å². The first-order valence-electron chi connectivity index (χ1n) is 0. The number of hydrogen-bond donors (Lipinski definition) is 0. The Labute approximate surface area is 74.1 Å². The fraction of sp³-hybridized carbons (Fsp3) is 0. The molecule has 0 amide bonds. The molecule has 0 rings (SSSR count). The van der Waals surface area contributed by atoms with Crippen LogP contribution in [0.1, 0.15) is 0 Å². The summed E-state index contributed by atoms with van der Waals surface area (Å²) in [5.41, 5.74) is 0. The summed E-state index contributed by atoms with van der Waals surface area (Å²) in [7, 11) is 0. The third-order valence-corrected chi connectivity index (χ3v) is 0. The smallest absolute Gasteiger partial charge is 0 e. The molecule has 0 unspecified atom stereocenters. The van der Waals surface area contributed by atoms with Gasteiger partial charge in [0.1, 0.15) is 0 Å². The van der Waals surface area contributed by atoms with Crippen molar-refractivity contribution in [2.75, 3.05) is 0 Å². The maximum Gasteiger partial charge on any atom is 0.187 e. The summed E-state index contributed by atoms with van der Waals surface area (Å²) < 4.78 is 0. The van der Waals surface area contributed by atoms with Gasteiger partial charge in [-0.1, -0.05) is 0 Å². The predicted octanol–water partition coefficient (Wildman–Crippen LogP) is -2.37. The van der Waals surface area contributed by atoms with Gasteiger partial charge in [0.2, 0.25) is 0 Å². The van der Waals surface area contributed by atoms with E-state index in [2.05, 4.69) is 0 Å². The summed E-state index contributed by atoms with van der Waals surface area (Å²) >= 11 is 0. The molecule has 4 heavy (non-hydrogen) atoms. The Balaban J connectivity index is 0. The van der Waals surface area contributed by atoms with Crippen molar-refractivity contribution in [2.24, 2.45) is 0 Å². The van der Waals surface area contributed by atoms with Crippen molar-refractivity contribution < 1.29 is 40.3 Å². The Hall–Kier alpha value is 2.36. The molecule has 0 aromatic heterocycles. The van der Waals surface area contributed by atoms with Gasteiger partial charge in [-0.2, -0.15) is 0 Å². The van der Waals surface area contributed by atoms with Gasteiger partial charge in [0, 0.05) is 40.3 Å². The van der Waals surface area contributed by atoms with Gasteiger partial charge in [-0.05, 0) is 0 Å². The quantitative estimate of drug-likeness (QED) is 0.346. The third kappa shape index (κ3) is 8.84. The van der Waals surface area contributed by atoms with E-state index in [0.717, 1.165) is 0 Å². The Morgan fingerprint density at radius 2 is 0.750 bits per heavy atom. The molecular weight excluding hydrogens is 153 g/mol. The Morgan fingerprint density at radius 3 is 0.750 bits per heavy atom. The average molecular weight is 159 g/mol. The zero-order valence-corrected chi connectivity index (χ0v) is 3.91. The minimum atomic E-state index is 0. The van der Waals surface area contributed by atoms with Crippen LogP contribution < -0.4 is 0 Å². The molecule has 0 heterocycles. The molecule has 21 valence electrons. The van der Waals surface area contributed by atoms with Crippen LogP contribution >= 0.6 is 0 Å². The van der Waals surface area contributed by atoms with Crippen LogP contribution in [0.5, 0.6) is 0 Å². The number of hydrogen-bond acceptors (Lipinski definition) is 0. The van der Waals surface area contributed by atoms with Gasteiger partial charge < -0.3 is 0 Å². The van der Waals surface area contributed by atoms with E-state index in [4.69, 9.17) is 0 Å². The molecule has 0 aromatic rings. The SMILES string of the molecule is [AlH3].[AlH3].[Ti].[V]. The van der Waals surface area contributed by atoms with Gasteiger partial charge in [-0.15, -0.1) is 0 Å². The van der Waals surface area contributed by atoms with E-state index in [0.29, 0.717) is 0 Å². The van der Waals surface area contributed by atoms with Crippen LogP contribution in [-0.4, -0.2) is 34.7 Å². The molecule has 0 aromatic carbocycles. The summed E-state index contributed by atoms with van der Waals surface area (Å²) in [6, 6.07) is 0. The molecule has 0 nitrogen and oxygen atoms in total. The second-order valence-corrected chi connectivity index (χ2v) is 0. The summed E-state index contributed by atoms with van der Waals surface area (Å²) in [5.74, 6) is 0. The van der Waals surface area contributed by atoms with E-state index in [1.165, 1.54) is 0 Å². The Morgan fingerprint density at radius 1 is 0.750 bits per heavy atom. The molecule has 0 spiro atoms. The van der Waals surface area contributed by atoms with Crippen molar-refractivity contribution >= 4 is 34.7 Å². The zero-order chi connectivity index (χ0) is 0. The normalized spacial score (nSPS) is 0. The van der Waals surface area contributed by atoms with Crippen molar-refractivity contribution in [2.45, 2.75) is 0 Å².